The molecule has 0 bridgehead atoms. The van der Waals surface area contributed by atoms with Gasteiger partial charge in [-0.05, 0) is 62.7 Å². The fourth-order valence-electron chi connectivity index (χ4n) is 3.78. The van der Waals surface area contributed by atoms with Crippen LogP contribution >= 0.6 is 11.6 Å². The molecule has 0 unspecified atom stereocenters. The number of aryl methyl sites for hydroxylation is 1. The Bertz CT molecular complexity index is 1330. The van der Waals surface area contributed by atoms with Crippen LogP contribution < -0.4 is 10.0 Å². The number of sulfonamides is 1. The lowest BCUT2D eigenvalue weighted by atomic mass is 10.2. The average molecular weight is 471 g/mol. The highest BCUT2D eigenvalue weighted by atomic mass is 35.5. The first kappa shape index (κ1) is 22.1. The molecule has 1 amide bonds. The Labute approximate surface area is 192 Å². The predicted molar refractivity (Wildman–Crippen MR) is 127 cm³/mol. The molecule has 0 aliphatic carbocycles. The summed E-state index contributed by atoms with van der Waals surface area (Å²) in [5.74, 6) is 0.141. The van der Waals surface area contributed by atoms with E-state index < -0.39 is 10.0 Å². The van der Waals surface area contributed by atoms with Crippen LogP contribution in [0.4, 0.5) is 5.69 Å². The quantitative estimate of drug-likeness (QED) is 0.576. The maximum absolute atomic E-state index is 13.0. The first-order valence-electron chi connectivity index (χ1n) is 10.2. The zero-order chi connectivity index (χ0) is 22.9. The molecule has 0 atom stereocenters. The van der Waals surface area contributed by atoms with Gasteiger partial charge >= 0.3 is 0 Å². The molecule has 0 radical (unpaired) electrons. The summed E-state index contributed by atoms with van der Waals surface area (Å²) in [7, 11) is -3.77. The van der Waals surface area contributed by atoms with Gasteiger partial charge in [0, 0.05) is 40.8 Å². The fraction of sp³-hybridized carbons (Fsp3) is 0.217. The molecule has 0 saturated heterocycles. The molecule has 1 aliphatic heterocycles. The van der Waals surface area contributed by atoms with Gasteiger partial charge in [0.15, 0.2) is 0 Å². The van der Waals surface area contributed by atoms with E-state index in [4.69, 9.17) is 11.6 Å². The number of carbonyl (C=O) groups excluding carboxylic acids is 1. The molecule has 4 rings (SSSR count). The van der Waals surface area contributed by atoms with Crippen molar-refractivity contribution in [1.82, 2.24) is 9.29 Å². The van der Waals surface area contributed by atoms with Gasteiger partial charge < -0.3 is 9.88 Å². The summed E-state index contributed by atoms with van der Waals surface area (Å²) < 4.78 is 29.8. The number of aromatic nitrogens is 1. The van der Waals surface area contributed by atoms with Crippen LogP contribution in [0.3, 0.4) is 0 Å². The molecule has 32 heavy (non-hydrogen) atoms. The van der Waals surface area contributed by atoms with Crippen molar-refractivity contribution in [3.63, 3.8) is 0 Å². The van der Waals surface area contributed by atoms with Crippen LogP contribution in [-0.4, -0.2) is 31.3 Å². The summed E-state index contributed by atoms with van der Waals surface area (Å²) >= 11 is 6.13. The number of rotatable bonds is 5. The number of nitrogens with one attached hydrogen (secondary N) is 2. The van der Waals surface area contributed by atoms with Gasteiger partial charge in [-0.3, -0.25) is 14.5 Å². The van der Waals surface area contributed by atoms with E-state index in [0.29, 0.717) is 35.1 Å². The number of carbonyl (C=O) groups is 1. The molecule has 7 nitrogen and oxygen atoms in total. The number of benzene rings is 2. The summed E-state index contributed by atoms with van der Waals surface area (Å²) in [5.41, 5.74) is 3.38. The van der Waals surface area contributed by atoms with Gasteiger partial charge in [-0.2, -0.15) is 0 Å². The standard InChI is InChI=1S/C23H23ClN4O3S/c1-15-12-21(16(2)28(15)19-8-3-6-17(24)13-19)23(29)26-18-7-4-9-20(14-18)32(30,31)27-22-10-5-11-25-22/h3-4,6-9,12-14H,5,10-11H2,1-2H3,(H,25,27)(H,26,29). The van der Waals surface area contributed by atoms with Crippen molar-refractivity contribution in [3.8, 4) is 5.69 Å². The SMILES string of the molecule is Cc1cc(C(=O)Nc2cccc(S(=O)(=O)NC3=NCCC3)c2)c(C)n1-c1cccc(Cl)c1. The third-order valence-electron chi connectivity index (χ3n) is 5.27. The second-order valence-corrected chi connectivity index (χ2v) is 9.74. The van der Waals surface area contributed by atoms with Gasteiger partial charge in [-0.25, -0.2) is 8.42 Å². The molecule has 2 aromatic carbocycles. The minimum atomic E-state index is -3.77. The Kier molecular flexibility index (Phi) is 6.08. The fourth-order valence-corrected chi connectivity index (χ4v) is 5.10. The lowest BCUT2D eigenvalue weighted by molar-refractivity contribution is 0.102. The maximum Gasteiger partial charge on any atom is 0.262 e. The lowest BCUT2D eigenvalue weighted by Crippen LogP contribution is -2.29. The molecule has 0 spiro atoms. The summed E-state index contributed by atoms with van der Waals surface area (Å²) in [6.45, 7) is 4.40. The van der Waals surface area contributed by atoms with E-state index in [1.54, 1.807) is 24.3 Å². The molecule has 2 N–H and O–H groups in total. The van der Waals surface area contributed by atoms with Crippen molar-refractivity contribution in [3.05, 3.63) is 76.6 Å². The molecular formula is C23H23ClN4O3S. The average Bonchev–Trinajstić information content (AvgIpc) is 3.35. The van der Waals surface area contributed by atoms with Crippen molar-refractivity contribution in [2.75, 3.05) is 11.9 Å². The first-order chi connectivity index (χ1) is 15.2. The summed E-state index contributed by atoms with van der Waals surface area (Å²) in [5, 5.41) is 3.42. The normalized spacial score (nSPS) is 13.7. The van der Waals surface area contributed by atoms with Crippen LogP contribution in [0.25, 0.3) is 5.69 Å². The van der Waals surface area contributed by atoms with E-state index in [0.717, 1.165) is 23.5 Å². The largest absolute Gasteiger partial charge is 0.322 e. The van der Waals surface area contributed by atoms with Crippen molar-refractivity contribution in [1.29, 1.82) is 0 Å². The van der Waals surface area contributed by atoms with Gasteiger partial charge in [0.05, 0.1) is 10.5 Å². The van der Waals surface area contributed by atoms with E-state index in [2.05, 4.69) is 15.0 Å². The van der Waals surface area contributed by atoms with E-state index in [9.17, 15) is 13.2 Å². The first-order valence-corrected chi connectivity index (χ1v) is 12.0. The Morgan fingerprint density at radius 1 is 1.09 bits per heavy atom. The minimum absolute atomic E-state index is 0.0642. The van der Waals surface area contributed by atoms with Crippen LogP contribution in [0.2, 0.25) is 5.02 Å². The second kappa shape index (κ2) is 8.80. The summed E-state index contributed by atoms with van der Waals surface area (Å²) in [6.07, 6.45) is 1.44. The molecule has 166 valence electrons. The number of amides is 1. The van der Waals surface area contributed by atoms with Gasteiger partial charge in [0.2, 0.25) is 0 Å². The van der Waals surface area contributed by atoms with Crippen LogP contribution in [0.5, 0.6) is 0 Å². The van der Waals surface area contributed by atoms with Gasteiger partial charge in [0.1, 0.15) is 5.84 Å². The molecule has 0 saturated carbocycles. The highest BCUT2D eigenvalue weighted by Gasteiger charge is 2.20. The molecule has 1 aliphatic rings. The number of anilines is 1. The van der Waals surface area contributed by atoms with Crippen LogP contribution in [0.1, 0.15) is 34.6 Å². The molecular weight excluding hydrogens is 448 g/mol. The zero-order valence-electron chi connectivity index (χ0n) is 17.7. The maximum atomic E-state index is 13.0. The predicted octanol–water partition coefficient (Wildman–Crippen LogP) is 4.47. The summed E-state index contributed by atoms with van der Waals surface area (Å²) in [6, 6.07) is 15.4. The minimum Gasteiger partial charge on any atom is -0.322 e. The van der Waals surface area contributed by atoms with Crippen LogP contribution in [-0.2, 0) is 10.0 Å². The van der Waals surface area contributed by atoms with Crippen molar-refractivity contribution in [2.45, 2.75) is 31.6 Å². The smallest absolute Gasteiger partial charge is 0.262 e. The number of aliphatic imine (C=N–C) groups is 1. The molecule has 9 heteroatoms. The Morgan fingerprint density at radius 2 is 1.88 bits per heavy atom. The number of hydrogen-bond donors (Lipinski definition) is 2. The number of nitrogens with zero attached hydrogens (tertiary/aromatic N) is 2. The van der Waals surface area contributed by atoms with Crippen molar-refractivity contribution in [2.24, 2.45) is 4.99 Å². The second-order valence-electron chi connectivity index (χ2n) is 7.62. The Hall–Kier alpha value is -3.10. The highest BCUT2D eigenvalue weighted by Crippen LogP contribution is 2.24. The highest BCUT2D eigenvalue weighted by molar-refractivity contribution is 7.90. The number of hydrogen-bond acceptors (Lipinski definition) is 4. The molecule has 1 aromatic heterocycles. The van der Waals surface area contributed by atoms with Crippen LogP contribution in [0, 0.1) is 13.8 Å². The van der Waals surface area contributed by atoms with Crippen molar-refractivity contribution < 1.29 is 13.2 Å². The van der Waals surface area contributed by atoms with Gasteiger partial charge in [-0.15, -0.1) is 0 Å². The Morgan fingerprint density at radius 3 is 2.59 bits per heavy atom. The number of halogens is 1. The topological polar surface area (TPSA) is 92.6 Å². The van der Waals surface area contributed by atoms with E-state index in [1.165, 1.54) is 12.1 Å². The van der Waals surface area contributed by atoms with Gasteiger partial charge in [-0.1, -0.05) is 23.7 Å². The lowest BCUT2D eigenvalue weighted by Gasteiger charge is -2.11. The van der Waals surface area contributed by atoms with E-state index in [1.807, 2.05) is 36.6 Å². The molecule has 2 heterocycles. The summed E-state index contributed by atoms with van der Waals surface area (Å²) in [4.78, 5) is 17.2. The van der Waals surface area contributed by atoms with E-state index >= 15 is 0 Å². The molecule has 3 aromatic rings. The molecule has 0 fully saturated rings. The van der Waals surface area contributed by atoms with Crippen molar-refractivity contribution >= 4 is 39.1 Å². The third-order valence-corrected chi connectivity index (χ3v) is 6.88. The van der Waals surface area contributed by atoms with Gasteiger partial charge in [0.25, 0.3) is 15.9 Å². The van der Waals surface area contributed by atoms with Crippen LogP contribution in [0.15, 0.2) is 64.5 Å². The third kappa shape index (κ3) is 4.56. The Balaban J connectivity index is 1.57. The van der Waals surface area contributed by atoms with E-state index in [-0.39, 0.29) is 10.8 Å². The monoisotopic (exact) mass is 470 g/mol. The number of amidine groups is 1. The zero-order valence-corrected chi connectivity index (χ0v) is 19.3.